The molecule has 4 rings (SSSR count). The third-order valence-corrected chi connectivity index (χ3v) is 5.17. The second-order valence-electron chi connectivity index (χ2n) is 7.34. The molecule has 2 N–H and O–H groups in total. The number of anilines is 3. The Bertz CT molecular complexity index is 1050. The Hall–Kier alpha value is -3.46. The predicted molar refractivity (Wildman–Crippen MR) is 117 cm³/mol. The van der Waals surface area contributed by atoms with Gasteiger partial charge in [-0.05, 0) is 43.8 Å². The molecule has 9 heteroatoms. The molecule has 156 valence electrons. The van der Waals surface area contributed by atoms with Crippen molar-refractivity contribution in [3.8, 4) is 5.88 Å². The molecule has 9 nitrogen and oxygen atoms in total. The number of pyridine rings is 1. The molecule has 1 aliphatic heterocycles. The van der Waals surface area contributed by atoms with E-state index in [0.717, 1.165) is 48.5 Å². The van der Waals surface area contributed by atoms with Gasteiger partial charge in [-0.2, -0.15) is 0 Å². The minimum atomic E-state index is -0.395. The third kappa shape index (κ3) is 4.41. The van der Waals surface area contributed by atoms with Crippen LogP contribution in [0, 0.1) is 6.92 Å². The summed E-state index contributed by atoms with van der Waals surface area (Å²) in [6.45, 7) is 6.09. The molecule has 0 saturated carbocycles. The largest absolute Gasteiger partial charge is 0.480 e. The fraction of sp³-hybridized carbons (Fsp3) is 0.333. The first-order valence-corrected chi connectivity index (χ1v) is 9.81. The summed E-state index contributed by atoms with van der Waals surface area (Å²) in [4.78, 5) is 29.9. The van der Waals surface area contributed by atoms with E-state index in [1.165, 1.54) is 19.5 Å². The zero-order valence-corrected chi connectivity index (χ0v) is 17.3. The summed E-state index contributed by atoms with van der Waals surface area (Å²) in [5.41, 5.74) is 2.72. The van der Waals surface area contributed by atoms with Gasteiger partial charge in [0.15, 0.2) is 5.82 Å². The van der Waals surface area contributed by atoms with Crippen LogP contribution < -0.4 is 20.3 Å². The van der Waals surface area contributed by atoms with Gasteiger partial charge in [0.05, 0.1) is 25.0 Å². The van der Waals surface area contributed by atoms with Crippen LogP contribution in [-0.2, 0) is 0 Å². The summed E-state index contributed by atoms with van der Waals surface area (Å²) in [5, 5.41) is 6.49. The van der Waals surface area contributed by atoms with Crippen molar-refractivity contribution in [3.63, 3.8) is 0 Å². The highest BCUT2D eigenvalue weighted by Crippen LogP contribution is 2.26. The van der Waals surface area contributed by atoms with Crippen LogP contribution >= 0.6 is 0 Å². The maximum atomic E-state index is 12.3. The molecule has 0 spiro atoms. The first-order valence-electron chi connectivity index (χ1n) is 9.81. The van der Waals surface area contributed by atoms with Gasteiger partial charge in [0.1, 0.15) is 5.82 Å². The maximum Gasteiger partial charge on any atom is 0.324 e. The fourth-order valence-corrected chi connectivity index (χ4v) is 3.42. The minimum absolute atomic E-state index is 0.337. The number of fused-ring (bicyclic) bond motifs is 1. The first-order chi connectivity index (χ1) is 14.5. The van der Waals surface area contributed by atoms with Crippen molar-refractivity contribution < 1.29 is 9.53 Å². The number of urea groups is 1. The van der Waals surface area contributed by atoms with Crippen LogP contribution in [0.2, 0.25) is 0 Å². The van der Waals surface area contributed by atoms with Crippen LogP contribution in [0.15, 0.2) is 36.7 Å². The van der Waals surface area contributed by atoms with Gasteiger partial charge in [-0.25, -0.2) is 19.7 Å². The number of hydrogen-bond donors (Lipinski definition) is 2. The van der Waals surface area contributed by atoms with Gasteiger partial charge in [-0.3, -0.25) is 5.32 Å². The average Bonchev–Trinajstić information content (AvgIpc) is 2.75. The van der Waals surface area contributed by atoms with Gasteiger partial charge in [0.25, 0.3) is 0 Å². The molecule has 1 aliphatic rings. The zero-order chi connectivity index (χ0) is 21.1. The molecule has 2 amide bonds. The van der Waals surface area contributed by atoms with E-state index in [9.17, 15) is 4.79 Å². The molecule has 3 heterocycles. The number of ether oxygens (including phenoxy) is 1. The summed E-state index contributed by atoms with van der Waals surface area (Å²) in [6.07, 6.45) is 2.88. The Balaban J connectivity index is 1.48. The van der Waals surface area contributed by atoms with E-state index < -0.39 is 6.03 Å². The van der Waals surface area contributed by atoms with E-state index in [-0.39, 0.29) is 0 Å². The number of benzene rings is 1. The number of likely N-dealkylation sites (N-methyl/N-ethyl adjacent to an activating group) is 1. The van der Waals surface area contributed by atoms with E-state index in [1.807, 2.05) is 18.2 Å². The number of hydrogen-bond acceptors (Lipinski definition) is 7. The van der Waals surface area contributed by atoms with Crippen LogP contribution in [0.5, 0.6) is 5.88 Å². The summed E-state index contributed by atoms with van der Waals surface area (Å²) in [6, 6.07) is 7.44. The lowest BCUT2D eigenvalue weighted by molar-refractivity contribution is 0.262. The second kappa shape index (κ2) is 8.50. The van der Waals surface area contributed by atoms with Gasteiger partial charge in [0, 0.05) is 37.3 Å². The Morgan fingerprint density at radius 1 is 1.07 bits per heavy atom. The highest BCUT2D eigenvalue weighted by atomic mass is 16.5. The maximum absolute atomic E-state index is 12.3. The molecule has 3 aromatic rings. The van der Waals surface area contributed by atoms with Crippen molar-refractivity contribution >= 4 is 34.3 Å². The van der Waals surface area contributed by atoms with E-state index in [4.69, 9.17) is 9.72 Å². The predicted octanol–water partition coefficient (Wildman–Crippen LogP) is 2.74. The summed E-state index contributed by atoms with van der Waals surface area (Å²) in [7, 11) is 3.65. The number of piperazine rings is 1. The lowest BCUT2D eigenvalue weighted by Gasteiger charge is -2.33. The lowest BCUT2D eigenvalue weighted by atomic mass is 10.1. The number of nitrogens with zero attached hydrogens (tertiary/aromatic N) is 5. The molecular formula is C21H25N7O2. The molecule has 0 aliphatic carbocycles. The van der Waals surface area contributed by atoms with Crippen molar-refractivity contribution in [2.45, 2.75) is 6.92 Å². The van der Waals surface area contributed by atoms with Crippen molar-refractivity contribution in [1.82, 2.24) is 19.9 Å². The summed E-state index contributed by atoms with van der Waals surface area (Å²) < 4.78 is 4.96. The van der Waals surface area contributed by atoms with Gasteiger partial charge >= 0.3 is 6.03 Å². The van der Waals surface area contributed by atoms with Crippen LogP contribution in [0.3, 0.4) is 0 Å². The molecule has 1 saturated heterocycles. The molecule has 0 bridgehead atoms. The van der Waals surface area contributed by atoms with Gasteiger partial charge in [-0.15, -0.1) is 0 Å². The van der Waals surface area contributed by atoms with Crippen LogP contribution in [-0.4, -0.2) is 66.2 Å². The van der Waals surface area contributed by atoms with Crippen LogP contribution in [0.25, 0.3) is 10.9 Å². The number of aromatic nitrogens is 3. The normalized spacial score (nSPS) is 14.6. The van der Waals surface area contributed by atoms with E-state index in [1.54, 1.807) is 0 Å². The van der Waals surface area contributed by atoms with Crippen LogP contribution in [0.4, 0.5) is 22.1 Å². The van der Waals surface area contributed by atoms with Crippen molar-refractivity contribution in [2.24, 2.45) is 0 Å². The number of carbonyl (C=O) groups is 1. The van der Waals surface area contributed by atoms with Crippen molar-refractivity contribution in [1.29, 1.82) is 0 Å². The number of aryl methyl sites for hydroxylation is 1. The molecule has 30 heavy (non-hydrogen) atoms. The van der Waals surface area contributed by atoms with E-state index >= 15 is 0 Å². The Morgan fingerprint density at radius 3 is 2.57 bits per heavy atom. The fourth-order valence-electron chi connectivity index (χ4n) is 3.42. The number of nitrogens with one attached hydrogen (secondary N) is 2. The third-order valence-electron chi connectivity index (χ3n) is 5.17. The number of amides is 2. The first kappa shape index (κ1) is 19.8. The second-order valence-corrected chi connectivity index (χ2v) is 7.34. The highest BCUT2D eigenvalue weighted by Gasteiger charge is 2.16. The molecular weight excluding hydrogens is 382 g/mol. The van der Waals surface area contributed by atoms with Crippen molar-refractivity contribution in [3.05, 3.63) is 42.2 Å². The molecule has 0 radical (unpaired) electrons. The van der Waals surface area contributed by atoms with Gasteiger partial charge in [0.2, 0.25) is 5.88 Å². The SMILES string of the molecule is COc1cnc(NC(=O)Nc2ccc3nc(N4CCN(C)CC4)cc(C)c3c2)cn1. The Labute approximate surface area is 175 Å². The summed E-state index contributed by atoms with van der Waals surface area (Å²) >= 11 is 0. The average molecular weight is 407 g/mol. The number of rotatable bonds is 4. The molecule has 1 fully saturated rings. The molecule has 1 aromatic carbocycles. The molecule has 2 aromatic heterocycles. The molecule has 0 unspecified atom stereocenters. The van der Waals surface area contributed by atoms with E-state index in [2.05, 4.69) is 50.4 Å². The standard InChI is InChI=1S/C21H25N7O2/c1-14-10-19(28-8-6-27(2)7-9-28)25-17-5-4-15(11-16(14)17)24-21(29)26-18-12-23-20(30-3)13-22-18/h4-5,10-13H,6-9H2,1-3H3,(H2,22,24,26,29). The number of methoxy groups -OCH3 is 1. The summed E-state index contributed by atoms with van der Waals surface area (Å²) in [5.74, 6) is 1.72. The number of carbonyl (C=O) groups excluding carboxylic acids is 1. The smallest absolute Gasteiger partial charge is 0.324 e. The minimum Gasteiger partial charge on any atom is -0.480 e. The molecule has 0 atom stereocenters. The zero-order valence-electron chi connectivity index (χ0n) is 17.3. The Kier molecular flexibility index (Phi) is 5.62. The van der Waals surface area contributed by atoms with E-state index in [0.29, 0.717) is 17.4 Å². The van der Waals surface area contributed by atoms with Crippen LogP contribution in [0.1, 0.15) is 5.56 Å². The lowest BCUT2D eigenvalue weighted by Crippen LogP contribution is -2.44. The topological polar surface area (TPSA) is 95.5 Å². The highest BCUT2D eigenvalue weighted by molar-refractivity contribution is 6.00. The Morgan fingerprint density at radius 2 is 1.87 bits per heavy atom. The van der Waals surface area contributed by atoms with Crippen molar-refractivity contribution in [2.75, 3.05) is 55.9 Å². The van der Waals surface area contributed by atoms with Gasteiger partial charge in [-0.1, -0.05) is 0 Å². The monoisotopic (exact) mass is 407 g/mol. The van der Waals surface area contributed by atoms with Gasteiger partial charge < -0.3 is 19.9 Å². The quantitative estimate of drug-likeness (QED) is 0.687.